The highest BCUT2D eigenvalue weighted by atomic mass is 16.5. The Kier molecular flexibility index (Phi) is 7.86. The van der Waals surface area contributed by atoms with Gasteiger partial charge in [-0.1, -0.05) is 74.5 Å². The van der Waals surface area contributed by atoms with Crippen molar-refractivity contribution in [2.24, 2.45) is 5.92 Å². The first-order valence-corrected chi connectivity index (χ1v) is 12.5. The summed E-state index contributed by atoms with van der Waals surface area (Å²) in [6.45, 7) is 5.33. The van der Waals surface area contributed by atoms with Gasteiger partial charge in [-0.15, -0.1) is 0 Å². The number of hydrogen-bond acceptors (Lipinski definition) is 3. The molecule has 0 aromatic heterocycles. The SMILES string of the molecule is CC(C)CCNC(=O)C1(c2ccccc2)CCCCOc2ccccc2C(=O)N1c1ccccc1. The number of carbonyl (C=O) groups excluding carboxylic acids is 2. The molecule has 1 aliphatic rings. The minimum Gasteiger partial charge on any atom is -0.493 e. The number of nitrogens with one attached hydrogen (secondary N) is 1. The smallest absolute Gasteiger partial charge is 0.263 e. The van der Waals surface area contributed by atoms with Gasteiger partial charge in [-0.25, -0.2) is 0 Å². The number of ether oxygens (including phenoxy) is 1. The van der Waals surface area contributed by atoms with Crippen LogP contribution in [0.2, 0.25) is 0 Å². The van der Waals surface area contributed by atoms with Crippen LogP contribution in [0.1, 0.15) is 55.5 Å². The van der Waals surface area contributed by atoms with Crippen molar-refractivity contribution >= 4 is 17.5 Å². The highest BCUT2D eigenvalue weighted by Gasteiger charge is 2.49. The van der Waals surface area contributed by atoms with E-state index in [4.69, 9.17) is 4.74 Å². The number of fused-ring (bicyclic) bond motifs is 1. The van der Waals surface area contributed by atoms with Crippen LogP contribution in [0.25, 0.3) is 0 Å². The van der Waals surface area contributed by atoms with Crippen LogP contribution in [0.3, 0.4) is 0 Å². The molecule has 1 unspecified atom stereocenters. The number of nitrogens with zero attached hydrogens (tertiary/aromatic N) is 1. The van der Waals surface area contributed by atoms with E-state index in [1.54, 1.807) is 11.0 Å². The first-order chi connectivity index (χ1) is 17.0. The molecule has 0 saturated carbocycles. The van der Waals surface area contributed by atoms with Gasteiger partial charge < -0.3 is 10.1 Å². The fourth-order valence-electron chi connectivity index (χ4n) is 4.71. The number of para-hydroxylation sites is 2. The molecule has 35 heavy (non-hydrogen) atoms. The first kappa shape index (κ1) is 24.5. The van der Waals surface area contributed by atoms with Crippen LogP contribution in [0.4, 0.5) is 5.69 Å². The van der Waals surface area contributed by atoms with Gasteiger partial charge in [0.05, 0.1) is 12.2 Å². The fraction of sp³-hybridized carbons (Fsp3) is 0.333. The van der Waals surface area contributed by atoms with Crippen molar-refractivity contribution in [2.45, 2.75) is 45.1 Å². The van der Waals surface area contributed by atoms with Crippen molar-refractivity contribution in [3.05, 3.63) is 96.1 Å². The molecule has 3 aromatic rings. The van der Waals surface area contributed by atoms with Gasteiger partial charge in [-0.05, 0) is 61.4 Å². The highest BCUT2D eigenvalue weighted by Crippen LogP contribution is 2.41. The third-order valence-corrected chi connectivity index (χ3v) is 6.54. The minimum absolute atomic E-state index is 0.152. The Morgan fingerprint density at radius 2 is 1.60 bits per heavy atom. The van der Waals surface area contributed by atoms with Crippen LogP contribution in [-0.2, 0) is 10.3 Å². The highest BCUT2D eigenvalue weighted by molar-refractivity contribution is 6.13. The number of rotatable bonds is 6. The summed E-state index contributed by atoms with van der Waals surface area (Å²) in [4.78, 5) is 30.4. The van der Waals surface area contributed by atoms with Gasteiger partial charge in [-0.3, -0.25) is 14.5 Å². The summed E-state index contributed by atoms with van der Waals surface area (Å²) in [5, 5.41) is 3.19. The van der Waals surface area contributed by atoms with E-state index in [0.29, 0.717) is 42.5 Å². The zero-order valence-electron chi connectivity index (χ0n) is 20.6. The van der Waals surface area contributed by atoms with Gasteiger partial charge in [0.25, 0.3) is 11.8 Å². The molecule has 0 bridgehead atoms. The summed E-state index contributed by atoms with van der Waals surface area (Å²) < 4.78 is 6.00. The summed E-state index contributed by atoms with van der Waals surface area (Å²) in [6, 6.07) is 26.5. The molecule has 1 heterocycles. The summed E-state index contributed by atoms with van der Waals surface area (Å²) in [7, 11) is 0. The molecule has 3 aromatic carbocycles. The lowest BCUT2D eigenvalue weighted by Crippen LogP contribution is -2.59. The van der Waals surface area contributed by atoms with Crippen LogP contribution >= 0.6 is 0 Å². The Hall–Kier alpha value is -3.60. The molecule has 0 fully saturated rings. The van der Waals surface area contributed by atoms with Crippen LogP contribution in [-0.4, -0.2) is 25.0 Å². The molecule has 1 N–H and O–H groups in total. The Morgan fingerprint density at radius 1 is 0.943 bits per heavy atom. The molecule has 5 nitrogen and oxygen atoms in total. The second-order valence-electron chi connectivity index (χ2n) is 9.44. The standard InChI is InChI=1S/C30H34N2O3/c1-23(2)19-21-31-29(34)30(24-13-5-3-6-14-24)20-11-12-22-35-27-18-10-9-17-26(27)28(33)32(30)25-15-7-4-8-16-25/h3-10,13-18,23H,11-12,19-22H2,1-2H3,(H,31,34). The van der Waals surface area contributed by atoms with E-state index >= 15 is 0 Å². The molecule has 182 valence electrons. The Labute approximate surface area is 208 Å². The normalized spacial score (nSPS) is 18.5. The topological polar surface area (TPSA) is 58.6 Å². The molecule has 5 heteroatoms. The van der Waals surface area contributed by atoms with Gasteiger partial charge in [0, 0.05) is 12.2 Å². The summed E-state index contributed by atoms with van der Waals surface area (Å²) in [6.07, 6.45) is 2.85. The molecule has 1 aliphatic heterocycles. The summed E-state index contributed by atoms with van der Waals surface area (Å²) in [5.41, 5.74) is 0.726. The monoisotopic (exact) mass is 470 g/mol. The molecule has 4 rings (SSSR count). The van der Waals surface area contributed by atoms with E-state index in [0.717, 1.165) is 24.8 Å². The number of hydrogen-bond donors (Lipinski definition) is 1. The molecular weight excluding hydrogens is 436 g/mol. The Morgan fingerprint density at radius 3 is 2.31 bits per heavy atom. The maximum atomic E-state index is 14.4. The second-order valence-corrected chi connectivity index (χ2v) is 9.44. The third-order valence-electron chi connectivity index (χ3n) is 6.54. The van der Waals surface area contributed by atoms with E-state index in [1.807, 2.05) is 78.9 Å². The average molecular weight is 471 g/mol. The maximum absolute atomic E-state index is 14.4. The first-order valence-electron chi connectivity index (χ1n) is 12.5. The molecule has 1 atom stereocenters. The zero-order valence-corrected chi connectivity index (χ0v) is 20.6. The van der Waals surface area contributed by atoms with E-state index in [1.165, 1.54) is 0 Å². The zero-order chi connectivity index (χ0) is 24.7. The average Bonchev–Trinajstić information content (AvgIpc) is 2.88. The number of carbonyl (C=O) groups is 2. The van der Waals surface area contributed by atoms with Crippen LogP contribution < -0.4 is 15.0 Å². The van der Waals surface area contributed by atoms with Gasteiger partial charge in [0.2, 0.25) is 0 Å². The predicted molar refractivity (Wildman–Crippen MR) is 140 cm³/mol. The second kappa shape index (κ2) is 11.2. The summed E-state index contributed by atoms with van der Waals surface area (Å²) >= 11 is 0. The maximum Gasteiger partial charge on any atom is 0.263 e. The summed E-state index contributed by atoms with van der Waals surface area (Å²) in [5.74, 6) is 0.600. The minimum atomic E-state index is -1.21. The molecule has 0 saturated heterocycles. The molecule has 0 aliphatic carbocycles. The fourth-order valence-corrected chi connectivity index (χ4v) is 4.71. The Balaban J connectivity index is 1.94. The third kappa shape index (κ3) is 5.24. The van der Waals surface area contributed by atoms with E-state index in [-0.39, 0.29) is 11.8 Å². The van der Waals surface area contributed by atoms with Gasteiger partial charge in [0.1, 0.15) is 5.75 Å². The molecule has 2 amide bonds. The van der Waals surface area contributed by atoms with E-state index < -0.39 is 5.54 Å². The molecular formula is C30H34N2O3. The van der Waals surface area contributed by atoms with Crippen molar-refractivity contribution in [1.29, 1.82) is 0 Å². The van der Waals surface area contributed by atoms with Gasteiger partial charge in [0.15, 0.2) is 5.54 Å². The Bertz CT molecular complexity index is 1130. The van der Waals surface area contributed by atoms with Crippen molar-refractivity contribution in [1.82, 2.24) is 5.32 Å². The van der Waals surface area contributed by atoms with Crippen molar-refractivity contribution in [2.75, 3.05) is 18.1 Å². The number of amides is 2. The van der Waals surface area contributed by atoms with E-state index in [9.17, 15) is 9.59 Å². The van der Waals surface area contributed by atoms with E-state index in [2.05, 4.69) is 19.2 Å². The van der Waals surface area contributed by atoms with Gasteiger partial charge >= 0.3 is 0 Å². The number of benzene rings is 3. The van der Waals surface area contributed by atoms with Crippen molar-refractivity contribution < 1.29 is 14.3 Å². The van der Waals surface area contributed by atoms with Gasteiger partial charge in [-0.2, -0.15) is 0 Å². The van der Waals surface area contributed by atoms with Crippen LogP contribution in [0, 0.1) is 5.92 Å². The number of anilines is 1. The lowest BCUT2D eigenvalue weighted by Gasteiger charge is -2.44. The van der Waals surface area contributed by atoms with Crippen LogP contribution in [0.5, 0.6) is 5.75 Å². The van der Waals surface area contributed by atoms with Crippen molar-refractivity contribution in [3.8, 4) is 5.75 Å². The van der Waals surface area contributed by atoms with Crippen molar-refractivity contribution in [3.63, 3.8) is 0 Å². The van der Waals surface area contributed by atoms with Crippen LogP contribution in [0.15, 0.2) is 84.9 Å². The molecule has 0 radical (unpaired) electrons. The predicted octanol–water partition coefficient (Wildman–Crippen LogP) is 5.95. The molecule has 0 spiro atoms. The lowest BCUT2D eigenvalue weighted by atomic mass is 9.80. The lowest BCUT2D eigenvalue weighted by molar-refractivity contribution is -0.127. The largest absolute Gasteiger partial charge is 0.493 e. The quantitative estimate of drug-likeness (QED) is 0.484.